The molecular weight excluding hydrogens is 448 g/mol. The normalized spacial score (nSPS) is 10.6. The minimum absolute atomic E-state index is 0.114. The zero-order valence-electron chi connectivity index (χ0n) is 18.6. The minimum atomic E-state index is -0.359. The molecule has 0 radical (unpaired) electrons. The zero-order valence-corrected chi connectivity index (χ0v) is 19.3. The van der Waals surface area contributed by atoms with E-state index in [0.717, 1.165) is 23.1 Å². The van der Waals surface area contributed by atoms with Crippen molar-refractivity contribution in [1.29, 1.82) is 0 Å². The lowest BCUT2D eigenvalue weighted by atomic mass is 10.1. The smallest absolute Gasteiger partial charge is 0.255 e. The van der Waals surface area contributed by atoms with Gasteiger partial charge in [0, 0.05) is 23.3 Å². The van der Waals surface area contributed by atoms with E-state index >= 15 is 0 Å². The number of carbonyl (C=O) groups excluding carboxylic acids is 2. The lowest BCUT2D eigenvalue weighted by Crippen LogP contribution is -2.37. The third-order valence-corrected chi connectivity index (χ3v) is 5.55. The van der Waals surface area contributed by atoms with Crippen LogP contribution in [0.25, 0.3) is 11.3 Å². The fourth-order valence-electron chi connectivity index (χ4n) is 3.57. The van der Waals surface area contributed by atoms with Gasteiger partial charge in [-0.15, -0.1) is 0 Å². The number of nitrogens with one attached hydrogen (secondary N) is 2. The average Bonchev–Trinajstić information content (AvgIpc) is 3.28. The number of nitrogens with zero attached hydrogens (tertiary/aromatic N) is 2. The number of carbonyl (C=O) groups is 2. The van der Waals surface area contributed by atoms with Crippen molar-refractivity contribution >= 4 is 23.4 Å². The second-order valence-corrected chi connectivity index (χ2v) is 8.29. The zero-order chi connectivity index (χ0) is 23.8. The first-order chi connectivity index (χ1) is 16.6. The minimum Gasteiger partial charge on any atom is -0.354 e. The summed E-state index contributed by atoms with van der Waals surface area (Å²) in [6.45, 7) is 0.913. The van der Waals surface area contributed by atoms with Crippen LogP contribution in [0.4, 0.5) is 0 Å². The molecule has 0 fully saturated rings. The van der Waals surface area contributed by atoms with Crippen LogP contribution < -0.4 is 10.6 Å². The van der Waals surface area contributed by atoms with Gasteiger partial charge in [0.2, 0.25) is 5.91 Å². The molecule has 2 amide bonds. The van der Waals surface area contributed by atoms with Gasteiger partial charge in [-0.3, -0.25) is 14.3 Å². The predicted octanol–water partition coefficient (Wildman–Crippen LogP) is 4.34. The van der Waals surface area contributed by atoms with Gasteiger partial charge in [-0.25, -0.2) is 0 Å². The Bertz CT molecular complexity index is 1240. The molecule has 0 bridgehead atoms. The molecule has 7 heteroatoms. The van der Waals surface area contributed by atoms with Crippen molar-refractivity contribution in [2.24, 2.45) is 0 Å². The van der Waals surface area contributed by atoms with E-state index < -0.39 is 0 Å². The molecule has 4 aromatic rings. The lowest BCUT2D eigenvalue weighted by Gasteiger charge is -2.07. The van der Waals surface area contributed by atoms with Crippen LogP contribution in [0.15, 0.2) is 91.1 Å². The molecule has 2 N–H and O–H groups in total. The Labute approximate surface area is 203 Å². The topological polar surface area (TPSA) is 76.0 Å². The Morgan fingerprint density at radius 1 is 0.824 bits per heavy atom. The molecule has 0 aliphatic heterocycles. The van der Waals surface area contributed by atoms with Gasteiger partial charge in [-0.2, -0.15) is 5.10 Å². The Balaban J connectivity index is 1.42. The molecule has 0 saturated heterocycles. The predicted molar refractivity (Wildman–Crippen MR) is 134 cm³/mol. The molecule has 3 aromatic carbocycles. The van der Waals surface area contributed by atoms with Crippen molar-refractivity contribution in [3.63, 3.8) is 0 Å². The highest BCUT2D eigenvalue weighted by Gasteiger charge is 2.19. The number of amides is 2. The van der Waals surface area contributed by atoms with E-state index in [2.05, 4.69) is 15.7 Å². The molecule has 1 aromatic heterocycles. The largest absolute Gasteiger partial charge is 0.354 e. The van der Waals surface area contributed by atoms with Gasteiger partial charge in [0.25, 0.3) is 5.91 Å². The van der Waals surface area contributed by atoms with Gasteiger partial charge in [0.05, 0.1) is 18.7 Å². The van der Waals surface area contributed by atoms with E-state index in [-0.39, 0.29) is 18.4 Å². The standard InChI is InChI=1S/C27H25ClN4O2/c28-23-13-11-22(12-14-23)26-24(19-32(31-26)18-21-9-5-2-6-10-21)27(34)30-17-25(33)29-16-15-20-7-3-1-4-8-20/h1-14,19H,15-18H2,(H,29,33)(H,30,34). The maximum absolute atomic E-state index is 13.0. The summed E-state index contributed by atoms with van der Waals surface area (Å²) in [6.07, 6.45) is 2.44. The third-order valence-electron chi connectivity index (χ3n) is 5.30. The first kappa shape index (κ1) is 23.3. The van der Waals surface area contributed by atoms with Crippen molar-refractivity contribution in [1.82, 2.24) is 20.4 Å². The van der Waals surface area contributed by atoms with Crippen LogP contribution >= 0.6 is 11.6 Å². The monoisotopic (exact) mass is 472 g/mol. The summed E-state index contributed by atoms with van der Waals surface area (Å²) in [4.78, 5) is 25.2. The number of hydrogen-bond donors (Lipinski definition) is 2. The maximum Gasteiger partial charge on any atom is 0.255 e. The third kappa shape index (κ3) is 6.33. The lowest BCUT2D eigenvalue weighted by molar-refractivity contribution is -0.120. The number of benzene rings is 3. The Morgan fingerprint density at radius 3 is 2.15 bits per heavy atom. The fraction of sp³-hybridized carbons (Fsp3) is 0.148. The van der Waals surface area contributed by atoms with Crippen LogP contribution in [0.5, 0.6) is 0 Å². The first-order valence-corrected chi connectivity index (χ1v) is 11.4. The van der Waals surface area contributed by atoms with Gasteiger partial charge in [-0.05, 0) is 29.7 Å². The summed E-state index contributed by atoms with van der Waals surface area (Å²) < 4.78 is 1.73. The summed E-state index contributed by atoms with van der Waals surface area (Å²) in [7, 11) is 0. The van der Waals surface area contributed by atoms with Gasteiger partial charge in [0.15, 0.2) is 0 Å². The second-order valence-electron chi connectivity index (χ2n) is 7.85. The van der Waals surface area contributed by atoms with Gasteiger partial charge in [-0.1, -0.05) is 84.4 Å². The number of rotatable bonds is 9. The van der Waals surface area contributed by atoms with E-state index in [4.69, 9.17) is 11.6 Å². The van der Waals surface area contributed by atoms with E-state index in [1.807, 2.05) is 72.8 Å². The number of halogens is 1. The van der Waals surface area contributed by atoms with Crippen LogP contribution in [-0.4, -0.2) is 34.7 Å². The molecule has 34 heavy (non-hydrogen) atoms. The molecule has 0 atom stereocenters. The first-order valence-electron chi connectivity index (χ1n) is 11.0. The molecule has 0 aliphatic carbocycles. The van der Waals surface area contributed by atoms with E-state index in [9.17, 15) is 9.59 Å². The van der Waals surface area contributed by atoms with E-state index in [1.54, 1.807) is 23.0 Å². The van der Waals surface area contributed by atoms with Crippen LogP contribution in [0.1, 0.15) is 21.5 Å². The molecule has 0 saturated carbocycles. The molecular formula is C27H25ClN4O2. The van der Waals surface area contributed by atoms with Gasteiger partial charge < -0.3 is 10.6 Å². The van der Waals surface area contributed by atoms with Crippen LogP contribution in [0.2, 0.25) is 5.02 Å². The van der Waals surface area contributed by atoms with Crippen molar-refractivity contribution in [2.75, 3.05) is 13.1 Å². The second kappa shape index (κ2) is 11.3. The summed E-state index contributed by atoms with van der Waals surface area (Å²) >= 11 is 6.03. The maximum atomic E-state index is 13.0. The summed E-state index contributed by atoms with van der Waals surface area (Å²) in [5.41, 5.74) is 3.92. The molecule has 4 rings (SSSR count). The highest BCUT2D eigenvalue weighted by atomic mass is 35.5. The summed E-state index contributed by atoms with van der Waals surface area (Å²) in [5.74, 6) is -0.600. The van der Waals surface area contributed by atoms with Gasteiger partial charge in [0.1, 0.15) is 5.69 Å². The Kier molecular flexibility index (Phi) is 7.73. The van der Waals surface area contributed by atoms with Gasteiger partial charge >= 0.3 is 0 Å². The molecule has 1 heterocycles. The van der Waals surface area contributed by atoms with Crippen molar-refractivity contribution in [3.8, 4) is 11.3 Å². The van der Waals surface area contributed by atoms with Crippen molar-refractivity contribution in [3.05, 3.63) is 113 Å². The summed E-state index contributed by atoms with van der Waals surface area (Å²) in [6, 6.07) is 27.0. The Hall–Kier alpha value is -3.90. The highest BCUT2D eigenvalue weighted by molar-refractivity contribution is 6.30. The molecule has 0 unspecified atom stereocenters. The highest BCUT2D eigenvalue weighted by Crippen LogP contribution is 2.24. The fourth-order valence-corrected chi connectivity index (χ4v) is 3.70. The van der Waals surface area contributed by atoms with Crippen molar-refractivity contribution < 1.29 is 9.59 Å². The van der Waals surface area contributed by atoms with E-state index in [1.165, 1.54) is 0 Å². The van der Waals surface area contributed by atoms with E-state index in [0.29, 0.717) is 29.4 Å². The average molecular weight is 473 g/mol. The molecule has 6 nitrogen and oxygen atoms in total. The van der Waals surface area contributed by atoms with Crippen molar-refractivity contribution in [2.45, 2.75) is 13.0 Å². The van der Waals surface area contributed by atoms with Crippen LogP contribution in [0.3, 0.4) is 0 Å². The van der Waals surface area contributed by atoms with Crippen LogP contribution in [0, 0.1) is 0 Å². The van der Waals surface area contributed by atoms with Crippen LogP contribution in [-0.2, 0) is 17.8 Å². The molecule has 172 valence electrons. The summed E-state index contributed by atoms with van der Waals surface area (Å²) in [5, 5.41) is 10.8. The Morgan fingerprint density at radius 2 is 1.47 bits per heavy atom. The SMILES string of the molecule is O=C(CNC(=O)c1cn(Cc2ccccc2)nc1-c1ccc(Cl)cc1)NCCc1ccccc1. The molecule has 0 spiro atoms. The number of aromatic nitrogens is 2. The quantitative estimate of drug-likeness (QED) is 0.380. The molecule has 0 aliphatic rings. The number of hydrogen-bond acceptors (Lipinski definition) is 3.